The third kappa shape index (κ3) is 6.12. The number of nitrogens with one attached hydrogen (secondary N) is 3. The van der Waals surface area contributed by atoms with Gasteiger partial charge in [0.05, 0.1) is 30.0 Å². The molecule has 0 bridgehead atoms. The van der Waals surface area contributed by atoms with E-state index in [-0.39, 0.29) is 17.9 Å². The smallest absolute Gasteiger partial charge is 0.246 e. The maximum absolute atomic E-state index is 12.3. The zero-order valence-electron chi connectivity index (χ0n) is 24.9. The van der Waals surface area contributed by atoms with Crippen molar-refractivity contribution in [2.75, 3.05) is 61.8 Å². The van der Waals surface area contributed by atoms with Crippen LogP contribution in [0.15, 0.2) is 55.5 Å². The van der Waals surface area contributed by atoms with Gasteiger partial charge in [0.25, 0.3) is 0 Å². The molecule has 0 radical (unpaired) electrons. The summed E-state index contributed by atoms with van der Waals surface area (Å²) in [6, 6.07) is 8.07. The Balaban J connectivity index is 1.28. The fraction of sp³-hybridized carbons (Fsp3) is 0.355. The number of hydrogen-bond donors (Lipinski definition) is 3. The zero-order valence-corrected chi connectivity index (χ0v) is 24.9. The number of fused-ring (bicyclic) bond motifs is 1. The van der Waals surface area contributed by atoms with E-state index in [1.165, 1.54) is 6.08 Å². The van der Waals surface area contributed by atoms with E-state index in [1.54, 1.807) is 31.3 Å². The molecule has 1 aromatic carbocycles. The lowest BCUT2D eigenvalue weighted by molar-refractivity contribution is -0.129. The Morgan fingerprint density at radius 1 is 1.05 bits per heavy atom. The molecule has 228 valence electrons. The molecule has 2 saturated heterocycles. The van der Waals surface area contributed by atoms with Crippen LogP contribution in [-0.4, -0.2) is 99.0 Å². The standard InChI is InChI=1S/C31H36N10O3/c1-4-27(43)41-11-5-6-23(19-41)44-30-28-24(25-17-33-18-26(32-3)36-25)16-34-29(28)37-31(38-30)35-21-7-9-22(10-8-21)40-14-12-39(13-15-40)20(2)42/h4,7-10,16-18,23H,1,5-6,11-15,19H2,2-3H3,(H,32,36)(H2,34,35,37,38)/t23-/m0/s1. The van der Waals surface area contributed by atoms with Crippen molar-refractivity contribution in [1.29, 1.82) is 0 Å². The number of carbonyl (C=O) groups excluding carboxylic acids is 2. The van der Waals surface area contributed by atoms with E-state index in [1.807, 2.05) is 23.2 Å². The van der Waals surface area contributed by atoms with Crippen LogP contribution in [0.2, 0.25) is 0 Å². The summed E-state index contributed by atoms with van der Waals surface area (Å²) in [6.07, 6.45) is 7.85. The lowest BCUT2D eigenvalue weighted by Gasteiger charge is -2.35. The number of aromatic nitrogens is 5. The number of carbonyl (C=O) groups is 2. The predicted octanol–water partition coefficient (Wildman–Crippen LogP) is 3.42. The summed E-state index contributed by atoms with van der Waals surface area (Å²) in [4.78, 5) is 51.7. The first-order valence-electron chi connectivity index (χ1n) is 14.8. The first-order valence-corrected chi connectivity index (χ1v) is 14.8. The molecule has 0 saturated carbocycles. The average molecular weight is 597 g/mol. The minimum atomic E-state index is -0.251. The van der Waals surface area contributed by atoms with Crippen molar-refractivity contribution in [3.05, 3.63) is 55.5 Å². The third-order valence-electron chi connectivity index (χ3n) is 8.02. The van der Waals surface area contributed by atoms with E-state index in [0.717, 1.165) is 56.0 Å². The van der Waals surface area contributed by atoms with Crippen LogP contribution in [-0.2, 0) is 9.59 Å². The van der Waals surface area contributed by atoms with E-state index in [9.17, 15) is 9.59 Å². The number of likely N-dealkylation sites (tertiary alicyclic amines) is 1. The first kappa shape index (κ1) is 28.9. The van der Waals surface area contributed by atoms with Crippen LogP contribution < -0.4 is 20.3 Å². The number of ether oxygens (including phenoxy) is 1. The van der Waals surface area contributed by atoms with Gasteiger partial charge in [0.2, 0.25) is 23.6 Å². The molecule has 0 aliphatic carbocycles. The van der Waals surface area contributed by atoms with Gasteiger partial charge in [-0.25, -0.2) is 4.98 Å². The zero-order chi connectivity index (χ0) is 30.6. The molecule has 1 atom stereocenters. The van der Waals surface area contributed by atoms with Crippen molar-refractivity contribution in [1.82, 2.24) is 34.7 Å². The highest BCUT2D eigenvalue weighted by Crippen LogP contribution is 2.35. The van der Waals surface area contributed by atoms with Crippen LogP contribution in [0.3, 0.4) is 0 Å². The number of nitrogens with zero attached hydrogens (tertiary/aromatic N) is 7. The maximum Gasteiger partial charge on any atom is 0.246 e. The number of benzene rings is 1. The minimum absolute atomic E-state index is 0.112. The van der Waals surface area contributed by atoms with E-state index in [2.05, 4.69) is 49.2 Å². The van der Waals surface area contributed by atoms with Crippen LogP contribution in [0.25, 0.3) is 22.3 Å². The van der Waals surface area contributed by atoms with Crippen molar-refractivity contribution < 1.29 is 14.3 Å². The van der Waals surface area contributed by atoms with Crippen LogP contribution in [0.1, 0.15) is 19.8 Å². The Kier molecular flexibility index (Phi) is 8.26. The third-order valence-corrected chi connectivity index (χ3v) is 8.02. The average Bonchev–Trinajstić information content (AvgIpc) is 3.49. The van der Waals surface area contributed by atoms with Crippen molar-refractivity contribution in [3.8, 4) is 17.1 Å². The van der Waals surface area contributed by atoms with Crippen LogP contribution in [0.4, 0.5) is 23.1 Å². The monoisotopic (exact) mass is 596 g/mol. The second-order valence-electron chi connectivity index (χ2n) is 10.9. The molecule has 2 fully saturated rings. The Bertz CT molecular complexity index is 1660. The minimum Gasteiger partial charge on any atom is -0.472 e. The van der Waals surface area contributed by atoms with Gasteiger partial charge in [0, 0.05) is 69.8 Å². The second-order valence-corrected chi connectivity index (χ2v) is 10.9. The normalized spacial score (nSPS) is 17.0. The lowest BCUT2D eigenvalue weighted by atomic mass is 10.1. The summed E-state index contributed by atoms with van der Waals surface area (Å²) in [5, 5.41) is 7.03. The van der Waals surface area contributed by atoms with Crippen LogP contribution in [0, 0.1) is 0 Å². The van der Waals surface area contributed by atoms with Crippen LogP contribution >= 0.6 is 0 Å². The number of hydrogen-bond acceptors (Lipinski definition) is 10. The van der Waals surface area contributed by atoms with Gasteiger partial charge in [-0.05, 0) is 43.2 Å². The lowest BCUT2D eigenvalue weighted by Crippen LogP contribution is -2.48. The van der Waals surface area contributed by atoms with E-state index < -0.39 is 0 Å². The molecule has 6 rings (SSSR count). The summed E-state index contributed by atoms with van der Waals surface area (Å²) in [5.41, 5.74) is 3.90. The van der Waals surface area contributed by atoms with Gasteiger partial charge in [-0.3, -0.25) is 14.6 Å². The number of amides is 2. The molecular weight excluding hydrogens is 560 g/mol. The number of piperidine rings is 1. The molecule has 5 heterocycles. The topological polar surface area (TPSA) is 144 Å². The molecule has 2 aliphatic heterocycles. The molecule has 0 unspecified atom stereocenters. The van der Waals surface area contributed by atoms with Gasteiger partial charge in [-0.1, -0.05) is 6.58 Å². The number of rotatable bonds is 8. The number of piperazine rings is 1. The number of aromatic amines is 1. The fourth-order valence-electron chi connectivity index (χ4n) is 5.65. The van der Waals surface area contributed by atoms with Gasteiger partial charge in [-0.15, -0.1) is 0 Å². The molecule has 13 nitrogen and oxygen atoms in total. The molecule has 3 aromatic heterocycles. The molecular formula is C31H36N10O3. The van der Waals surface area contributed by atoms with E-state index in [4.69, 9.17) is 14.7 Å². The molecule has 13 heteroatoms. The first-order chi connectivity index (χ1) is 21.4. The second kappa shape index (κ2) is 12.6. The van der Waals surface area contributed by atoms with E-state index >= 15 is 0 Å². The summed E-state index contributed by atoms with van der Waals surface area (Å²) in [5.74, 6) is 1.40. The highest BCUT2D eigenvalue weighted by Gasteiger charge is 2.27. The maximum atomic E-state index is 12.3. The molecule has 4 aromatic rings. The molecule has 3 N–H and O–H groups in total. The molecule has 44 heavy (non-hydrogen) atoms. The SMILES string of the molecule is C=CC(=O)N1CCC[C@H](Oc2nc(Nc3ccc(N4CCN(C(C)=O)CC4)cc3)nc3[nH]cc(-c4cncc(NC)n4)c23)C1. The summed E-state index contributed by atoms with van der Waals surface area (Å²) in [7, 11) is 1.79. The Hall–Kier alpha value is -5.20. The van der Waals surface area contributed by atoms with E-state index in [0.29, 0.717) is 47.5 Å². The molecule has 0 spiro atoms. The predicted molar refractivity (Wildman–Crippen MR) is 169 cm³/mol. The summed E-state index contributed by atoms with van der Waals surface area (Å²) < 4.78 is 6.54. The van der Waals surface area contributed by atoms with Gasteiger partial charge in [0.15, 0.2) is 0 Å². The van der Waals surface area contributed by atoms with Crippen molar-refractivity contribution in [2.45, 2.75) is 25.9 Å². The van der Waals surface area contributed by atoms with Crippen molar-refractivity contribution in [2.24, 2.45) is 0 Å². The van der Waals surface area contributed by atoms with Gasteiger partial charge in [-0.2, -0.15) is 9.97 Å². The Morgan fingerprint density at radius 2 is 1.84 bits per heavy atom. The quantitative estimate of drug-likeness (QED) is 0.259. The highest BCUT2D eigenvalue weighted by molar-refractivity contribution is 5.97. The van der Waals surface area contributed by atoms with Gasteiger partial charge in [0.1, 0.15) is 17.6 Å². The molecule has 2 aliphatic rings. The Morgan fingerprint density at radius 3 is 2.57 bits per heavy atom. The largest absolute Gasteiger partial charge is 0.472 e. The van der Waals surface area contributed by atoms with Crippen LogP contribution in [0.5, 0.6) is 5.88 Å². The fourth-order valence-corrected chi connectivity index (χ4v) is 5.65. The van der Waals surface area contributed by atoms with Gasteiger partial charge >= 0.3 is 0 Å². The number of anilines is 4. The summed E-state index contributed by atoms with van der Waals surface area (Å²) in [6.45, 7) is 9.37. The highest BCUT2D eigenvalue weighted by atomic mass is 16.5. The van der Waals surface area contributed by atoms with Gasteiger partial charge < -0.3 is 35.1 Å². The summed E-state index contributed by atoms with van der Waals surface area (Å²) >= 11 is 0. The van der Waals surface area contributed by atoms with Crippen molar-refractivity contribution in [3.63, 3.8) is 0 Å². The Labute approximate surface area is 255 Å². The number of H-pyrrole nitrogens is 1. The van der Waals surface area contributed by atoms with Crippen molar-refractivity contribution >= 4 is 46.0 Å². The molecule has 2 amide bonds.